The van der Waals surface area contributed by atoms with Gasteiger partial charge in [-0.1, -0.05) is 123 Å². The number of carbonyl (C=O) groups excluding carboxylic acids is 1. The van der Waals surface area contributed by atoms with E-state index in [0.29, 0.717) is 0 Å². The van der Waals surface area contributed by atoms with Crippen molar-refractivity contribution in [3.63, 3.8) is 0 Å². The molecule has 1 aliphatic heterocycles. The van der Waals surface area contributed by atoms with Crippen LogP contribution in [0.5, 0.6) is 0 Å². The van der Waals surface area contributed by atoms with Crippen molar-refractivity contribution in [1.29, 1.82) is 0 Å². The zero-order chi connectivity index (χ0) is 28.2. The predicted octanol–water partition coefficient (Wildman–Crippen LogP) is 11.6. The number of nitrogens with zero attached hydrogens (tertiary/aromatic N) is 1. The van der Waals surface area contributed by atoms with E-state index in [4.69, 9.17) is 9.47 Å². The Bertz CT molecular complexity index is 595. The van der Waals surface area contributed by atoms with Gasteiger partial charge in [0, 0.05) is 13.1 Å². The minimum Gasteiger partial charge on any atom is -0.431 e. The largest absolute Gasteiger partial charge is 0.508 e. The molecule has 4 heteroatoms. The molecule has 1 fully saturated rings. The van der Waals surface area contributed by atoms with Gasteiger partial charge >= 0.3 is 6.16 Å². The van der Waals surface area contributed by atoms with E-state index in [2.05, 4.69) is 50.1 Å². The molecule has 0 aromatic heterocycles. The van der Waals surface area contributed by atoms with Crippen LogP contribution in [0.3, 0.4) is 0 Å². The number of piperidine rings is 1. The van der Waals surface area contributed by atoms with Gasteiger partial charge in [-0.15, -0.1) is 0 Å². The lowest BCUT2D eigenvalue weighted by atomic mass is 10.0. The van der Waals surface area contributed by atoms with Crippen LogP contribution < -0.4 is 0 Å². The van der Waals surface area contributed by atoms with Gasteiger partial charge in [-0.05, 0) is 77.7 Å². The Balaban J connectivity index is 0.0000152. The number of hydrogen-bond donors (Lipinski definition) is 0. The van der Waals surface area contributed by atoms with Gasteiger partial charge in [0.25, 0.3) is 0 Å². The number of carbonyl (C=O) groups is 1. The van der Waals surface area contributed by atoms with Crippen molar-refractivity contribution in [2.75, 3.05) is 20.1 Å². The van der Waals surface area contributed by atoms with Crippen molar-refractivity contribution in [2.45, 2.75) is 181 Å². The van der Waals surface area contributed by atoms with Crippen molar-refractivity contribution in [3.8, 4) is 0 Å². The highest BCUT2D eigenvalue weighted by Gasteiger charge is 2.23. The average Bonchev–Trinajstić information content (AvgIpc) is 2.93. The van der Waals surface area contributed by atoms with Gasteiger partial charge in [0.2, 0.25) is 0 Å². The molecule has 236 valence electrons. The lowest BCUT2D eigenvalue weighted by Gasteiger charge is -2.29. The van der Waals surface area contributed by atoms with E-state index >= 15 is 0 Å². The molecule has 1 aliphatic rings. The Labute approximate surface area is 250 Å². The summed E-state index contributed by atoms with van der Waals surface area (Å²) in [5.74, 6) is 0. The molecule has 0 aliphatic carbocycles. The summed E-state index contributed by atoms with van der Waals surface area (Å²) in [5, 5.41) is 0. The highest BCUT2D eigenvalue weighted by molar-refractivity contribution is 5.60. The van der Waals surface area contributed by atoms with E-state index in [1.165, 1.54) is 103 Å². The number of allylic oxidation sites excluding steroid dienone is 4. The first-order valence-electron chi connectivity index (χ1n) is 17.0. The number of likely N-dealkylation sites (tertiary alicyclic amines) is 1. The fourth-order valence-corrected chi connectivity index (χ4v) is 5.35. The average molecular weight is 564 g/mol. The summed E-state index contributed by atoms with van der Waals surface area (Å²) in [4.78, 5) is 14.8. The summed E-state index contributed by atoms with van der Waals surface area (Å²) in [6.45, 7) is 6.51. The Hall–Kier alpha value is -1.29. The molecular weight excluding hydrogens is 494 g/mol. The maximum Gasteiger partial charge on any atom is 0.508 e. The number of ether oxygens (including phenoxy) is 2. The van der Waals surface area contributed by atoms with Crippen molar-refractivity contribution in [1.82, 2.24) is 4.90 Å². The highest BCUT2D eigenvalue weighted by Crippen LogP contribution is 2.19. The first-order valence-corrected chi connectivity index (χ1v) is 17.0. The Morgan fingerprint density at radius 3 is 1.70 bits per heavy atom. The summed E-state index contributed by atoms with van der Waals surface area (Å²) < 4.78 is 11.6. The number of unbranched alkanes of at least 4 members (excludes halogenated alkanes) is 15. The molecule has 0 aromatic carbocycles. The quantitative estimate of drug-likeness (QED) is 0.0629. The molecule has 0 aromatic rings. The van der Waals surface area contributed by atoms with E-state index < -0.39 is 6.16 Å². The van der Waals surface area contributed by atoms with Crippen LogP contribution >= 0.6 is 0 Å². The zero-order valence-corrected chi connectivity index (χ0v) is 26.3. The second kappa shape index (κ2) is 29.2. The number of rotatable bonds is 25. The van der Waals surface area contributed by atoms with Gasteiger partial charge in [0.15, 0.2) is 0 Å². The van der Waals surface area contributed by atoms with Gasteiger partial charge in [-0.2, -0.15) is 0 Å². The predicted molar refractivity (Wildman–Crippen MR) is 175 cm³/mol. The lowest BCUT2D eigenvalue weighted by Crippen LogP contribution is -2.36. The second-order valence-electron chi connectivity index (χ2n) is 11.9. The molecule has 0 radical (unpaired) electrons. The standard InChI is InChI=1S/C35H65NO3.CH4/c1-4-6-8-10-12-14-15-16-17-18-19-20-22-24-26-28-33(27-25-23-21-13-11-9-7-5-2)38-35(37)39-34-29-31-36(3)32-30-34;/h12,14,16-17,33-34H,4-11,13,15,18-32H2,1-3H3;1H4/b14-12-,17-16-;. The molecule has 0 amide bonds. The van der Waals surface area contributed by atoms with E-state index in [1.807, 2.05) is 0 Å². The third-order valence-electron chi connectivity index (χ3n) is 8.05. The molecule has 1 atom stereocenters. The van der Waals surface area contributed by atoms with Crippen molar-refractivity contribution in [2.24, 2.45) is 0 Å². The van der Waals surface area contributed by atoms with Crippen LogP contribution in [-0.4, -0.2) is 43.4 Å². The van der Waals surface area contributed by atoms with Gasteiger partial charge < -0.3 is 14.4 Å². The van der Waals surface area contributed by atoms with E-state index in [1.54, 1.807) is 0 Å². The molecule has 0 N–H and O–H groups in total. The zero-order valence-electron chi connectivity index (χ0n) is 26.3. The minimum atomic E-state index is -0.434. The third-order valence-corrected chi connectivity index (χ3v) is 8.05. The van der Waals surface area contributed by atoms with E-state index in [-0.39, 0.29) is 19.6 Å². The van der Waals surface area contributed by atoms with Gasteiger partial charge in [-0.25, -0.2) is 4.79 Å². The third kappa shape index (κ3) is 24.5. The molecule has 1 unspecified atom stereocenters. The van der Waals surface area contributed by atoms with Crippen LogP contribution in [0.4, 0.5) is 4.79 Å². The molecule has 1 rings (SSSR count). The van der Waals surface area contributed by atoms with Gasteiger partial charge in [-0.3, -0.25) is 0 Å². The molecule has 1 saturated heterocycles. The Morgan fingerprint density at radius 2 is 1.15 bits per heavy atom. The molecule has 0 bridgehead atoms. The van der Waals surface area contributed by atoms with Crippen molar-refractivity contribution in [3.05, 3.63) is 24.3 Å². The van der Waals surface area contributed by atoms with Gasteiger partial charge in [0.1, 0.15) is 12.2 Å². The van der Waals surface area contributed by atoms with Crippen LogP contribution in [0.25, 0.3) is 0 Å². The Kier molecular flexibility index (Phi) is 28.3. The molecular formula is C36H69NO3. The maximum atomic E-state index is 12.5. The maximum absolute atomic E-state index is 12.5. The molecule has 0 saturated carbocycles. The summed E-state index contributed by atoms with van der Waals surface area (Å²) in [6.07, 6.45) is 36.8. The second-order valence-corrected chi connectivity index (χ2v) is 11.9. The summed E-state index contributed by atoms with van der Waals surface area (Å²) >= 11 is 0. The summed E-state index contributed by atoms with van der Waals surface area (Å²) in [6, 6.07) is 0. The van der Waals surface area contributed by atoms with Crippen molar-refractivity contribution >= 4 is 6.16 Å². The Morgan fingerprint density at radius 1 is 0.700 bits per heavy atom. The summed E-state index contributed by atoms with van der Waals surface area (Å²) in [7, 11) is 2.12. The molecule has 40 heavy (non-hydrogen) atoms. The van der Waals surface area contributed by atoms with Crippen LogP contribution in [0, 0.1) is 0 Å². The van der Waals surface area contributed by atoms with E-state index in [0.717, 1.165) is 58.0 Å². The molecule has 1 heterocycles. The van der Waals surface area contributed by atoms with Crippen LogP contribution in [0.1, 0.15) is 169 Å². The summed E-state index contributed by atoms with van der Waals surface area (Å²) in [5.41, 5.74) is 0. The smallest absolute Gasteiger partial charge is 0.431 e. The minimum absolute atomic E-state index is 0. The first kappa shape index (κ1) is 38.7. The fraction of sp³-hybridized carbons (Fsp3) is 0.861. The molecule has 4 nitrogen and oxygen atoms in total. The van der Waals surface area contributed by atoms with E-state index in [9.17, 15) is 4.79 Å². The SMILES string of the molecule is C.CCCCC/C=C\C/C=C\CCCCCCCC(CCCCCCCCCC)OC(=O)OC1CCN(C)CC1. The monoisotopic (exact) mass is 564 g/mol. The fourth-order valence-electron chi connectivity index (χ4n) is 5.35. The normalized spacial score (nSPS) is 15.5. The van der Waals surface area contributed by atoms with Gasteiger partial charge in [0.05, 0.1) is 0 Å². The highest BCUT2D eigenvalue weighted by atomic mass is 16.7. The number of hydrogen-bond acceptors (Lipinski definition) is 4. The van der Waals surface area contributed by atoms with Crippen LogP contribution in [0.15, 0.2) is 24.3 Å². The lowest BCUT2D eigenvalue weighted by molar-refractivity contribution is -0.0212. The molecule has 0 spiro atoms. The topological polar surface area (TPSA) is 38.8 Å². The van der Waals surface area contributed by atoms with Crippen LogP contribution in [-0.2, 0) is 9.47 Å². The first-order chi connectivity index (χ1) is 19.2. The van der Waals surface area contributed by atoms with Crippen LogP contribution in [0.2, 0.25) is 0 Å². The van der Waals surface area contributed by atoms with Crippen molar-refractivity contribution < 1.29 is 14.3 Å².